The molecule has 3 aromatic heterocycles. The largest absolute Gasteiger partial charge is 0.497 e. The Hall–Kier alpha value is -3.65. The molecule has 0 bridgehead atoms. The summed E-state index contributed by atoms with van der Waals surface area (Å²) in [7, 11) is 3.23. The van der Waals surface area contributed by atoms with Crippen LogP contribution in [0.2, 0.25) is 0 Å². The number of methoxy groups -OCH3 is 2. The first-order chi connectivity index (χ1) is 14.3. The summed E-state index contributed by atoms with van der Waals surface area (Å²) in [5, 5.41) is 6.61. The van der Waals surface area contributed by atoms with Crippen LogP contribution in [0.3, 0.4) is 0 Å². The molecule has 0 fully saturated rings. The van der Waals surface area contributed by atoms with Crippen LogP contribution in [0.4, 0.5) is 5.69 Å². The van der Waals surface area contributed by atoms with Crippen LogP contribution in [-0.4, -0.2) is 30.1 Å². The minimum Gasteiger partial charge on any atom is -0.497 e. The molecule has 0 aliphatic rings. The third-order valence-corrected chi connectivity index (χ3v) is 4.90. The van der Waals surface area contributed by atoms with Crippen LogP contribution in [0.15, 0.2) is 81.0 Å². The van der Waals surface area contributed by atoms with Gasteiger partial charge in [0, 0.05) is 23.2 Å². The molecule has 0 aliphatic heterocycles. The number of hydrogen-bond acceptors (Lipinski definition) is 7. The summed E-state index contributed by atoms with van der Waals surface area (Å²) in [5.74, 6) is 2.08. The lowest BCUT2D eigenvalue weighted by molar-refractivity contribution is 0.394. The minimum atomic E-state index is 0.661. The first-order valence-electron chi connectivity index (χ1n) is 8.74. The summed E-state index contributed by atoms with van der Waals surface area (Å²) in [4.78, 5) is 9.47. The van der Waals surface area contributed by atoms with Crippen LogP contribution < -0.4 is 14.3 Å². The van der Waals surface area contributed by atoms with E-state index in [0.717, 1.165) is 16.9 Å². The molecule has 0 N–H and O–H groups in total. The fourth-order valence-electron chi connectivity index (χ4n) is 2.66. The average Bonchev–Trinajstić information content (AvgIpc) is 3.43. The fraction of sp³-hybridized carbons (Fsp3) is 0.0952. The number of hydrogen-bond donors (Lipinski definition) is 0. The first kappa shape index (κ1) is 18.7. The normalized spacial score (nSPS) is 11.9. The molecule has 29 heavy (non-hydrogen) atoms. The Morgan fingerprint density at radius 2 is 2.07 bits per heavy atom. The van der Waals surface area contributed by atoms with Gasteiger partial charge in [0.05, 0.1) is 38.6 Å². The third-order valence-electron chi connectivity index (χ3n) is 4.08. The maximum absolute atomic E-state index is 5.57. The Labute approximate surface area is 171 Å². The molecule has 1 aromatic carbocycles. The van der Waals surface area contributed by atoms with Crippen LogP contribution in [-0.2, 0) is 0 Å². The predicted octanol–water partition coefficient (Wildman–Crippen LogP) is 4.34. The van der Waals surface area contributed by atoms with E-state index < -0.39 is 0 Å². The molecule has 8 heteroatoms. The molecule has 0 aliphatic carbocycles. The van der Waals surface area contributed by atoms with Gasteiger partial charge in [-0.1, -0.05) is 0 Å². The molecule has 3 heterocycles. The Balaban J connectivity index is 1.81. The van der Waals surface area contributed by atoms with Crippen molar-refractivity contribution in [3.63, 3.8) is 0 Å². The number of aromatic nitrogens is 2. The highest BCUT2D eigenvalue weighted by Gasteiger charge is 2.10. The lowest BCUT2D eigenvalue weighted by Gasteiger charge is -2.07. The van der Waals surface area contributed by atoms with Crippen LogP contribution in [0.5, 0.6) is 11.5 Å². The number of rotatable bonds is 6. The van der Waals surface area contributed by atoms with E-state index in [1.165, 1.54) is 11.3 Å². The molecule has 0 radical (unpaired) electrons. The van der Waals surface area contributed by atoms with E-state index in [-0.39, 0.29) is 0 Å². The van der Waals surface area contributed by atoms with Gasteiger partial charge in [-0.2, -0.15) is 5.10 Å². The van der Waals surface area contributed by atoms with E-state index in [9.17, 15) is 0 Å². The topological polar surface area (TPSA) is 74.1 Å². The van der Waals surface area contributed by atoms with E-state index in [4.69, 9.17) is 13.9 Å². The highest BCUT2D eigenvalue weighted by atomic mass is 32.1. The number of furan rings is 1. The SMILES string of the molecule is COc1ccc(C=Nn2c(-c3ccco3)csc2=Nc2cccnc2)c(OC)c1. The molecule has 0 spiro atoms. The summed E-state index contributed by atoms with van der Waals surface area (Å²) in [5.41, 5.74) is 2.35. The Morgan fingerprint density at radius 1 is 1.14 bits per heavy atom. The maximum atomic E-state index is 5.57. The fourth-order valence-corrected chi connectivity index (χ4v) is 3.50. The monoisotopic (exact) mass is 406 g/mol. The number of nitrogens with zero attached hydrogens (tertiary/aromatic N) is 4. The zero-order chi connectivity index (χ0) is 20.1. The quantitative estimate of drug-likeness (QED) is 0.447. The van der Waals surface area contributed by atoms with Crippen LogP contribution in [0.25, 0.3) is 11.5 Å². The Kier molecular flexibility index (Phi) is 5.53. The van der Waals surface area contributed by atoms with Gasteiger partial charge in [-0.05, 0) is 36.4 Å². The molecule has 146 valence electrons. The molecule has 0 saturated carbocycles. The van der Waals surface area contributed by atoms with Crippen molar-refractivity contribution in [1.82, 2.24) is 9.66 Å². The highest BCUT2D eigenvalue weighted by Crippen LogP contribution is 2.24. The van der Waals surface area contributed by atoms with E-state index in [2.05, 4.69) is 15.1 Å². The lowest BCUT2D eigenvalue weighted by Crippen LogP contribution is -2.11. The second kappa shape index (κ2) is 8.57. The van der Waals surface area contributed by atoms with Crippen molar-refractivity contribution in [1.29, 1.82) is 0 Å². The summed E-state index contributed by atoms with van der Waals surface area (Å²) in [6, 6.07) is 13.0. The molecule has 0 saturated heterocycles. The van der Waals surface area contributed by atoms with Gasteiger partial charge in [-0.15, -0.1) is 11.3 Å². The van der Waals surface area contributed by atoms with E-state index >= 15 is 0 Å². The molecule has 0 atom stereocenters. The van der Waals surface area contributed by atoms with Gasteiger partial charge in [0.15, 0.2) is 5.76 Å². The van der Waals surface area contributed by atoms with E-state index in [1.807, 2.05) is 47.8 Å². The third kappa shape index (κ3) is 4.12. The number of benzene rings is 1. The minimum absolute atomic E-state index is 0.661. The summed E-state index contributed by atoms with van der Waals surface area (Å²) >= 11 is 1.46. The highest BCUT2D eigenvalue weighted by molar-refractivity contribution is 7.07. The van der Waals surface area contributed by atoms with Crippen molar-refractivity contribution in [3.05, 3.63) is 76.9 Å². The van der Waals surface area contributed by atoms with Gasteiger partial charge in [-0.25, -0.2) is 9.67 Å². The van der Waals surface area contributed by atoms with Gasteiger partial charge in [-0.3, -0.25) is 4.98 Å². The number of pyridine rings is 1. The lowest BCUT2D eigenvalue weighted by atomic mass is 10.2. The molecule has 4 aromatic rings. The summed E-state index contributed by atoms with van der Waals surface area (Å²) in [6.45, 7) is 0. The standard InChI is InChI=1S/C21H18N4O3S/c1-26-17-8-7-15(20(11-17)27-2)12-23-25-18(19-6-4-10-28-19)14-29-21(25)24-16-5-3-9-22-13-16/h3-14H,1-2H3. The summed E-state index contributed by atoms with van der Waals surface area (Å²) in [6.07, 6.45) is 6.77. The maximum Gasteiger partial charge on any atom is 0.211 e. The first-order valence-corrected chi connectivity index (χ1v) is 9.62. The molecule has 0 unspecified atom stereocenters. The molecular weight excluding hydrogens is 388 g/mol. The van der Waals surface area contributed by atoms with Gasteiger partial charge in [0.2, 0.25) is 4.80 Å². The Bertz CT molecular complexity index is 1180. The van der Waals surface area contributed by atoms with Crippen LogP contribution in [0, 0.1) is 0 Å². The number of ether oxygens (including phenoxy) is 2. The molecule has 7 nitrogen and oxygen atoms in total. The van der Waals surface area contributed by atoms with Crippen LogP contribution in [0.1, 0.15) is 5.56 Å². The second-order valence-electron chi connectivity index (χ2n) is 5.87. The van der Waals surface area contributed by atoms with Crippen molar-refractivity contribution in [3.8, 4) is 23.0 Å². The average molecular weight is 406 g/mol. The zero-order valence-electron chi connectivity index (χ0n) is 15.9. The van der Waals surface area contributed by atoms with E-state index in [1.54, 1.807) is 43.8 Å². The summed E-state index contributed by atoms with van der Waals surface area (Å²) < 4.78 is 18.0. The van der Waals surface area contributed by atoms with Crippen molar-refractivity contribution >= 4 is 23.2 Å². The zero-order valence-corrected chi connectivity index (χ0v) is 16.7. The smallest absolute Gasteiger partial charge is 0.211 e. The van der Waals surface area contributed by atoms with Crippen molar-refractivity contribution in [2.24, 2.45) is 10.1 Å². The van der Waals surface area contributed by atoms with Crippen LogP contribution >= 0.6 is 11.3 Å². The van der Waals surface area contributed by atoms with E-state index in [0.29, 0.717) is 22.1 Å². The Morgan fingerprint density at radius 3 is 2.79 bits per heavy atom. The van der Waals surface area contributed by atoms with Gasteiger partial charge in [0.1, 0.15) is 17.2 Å². The second-order valence-corrected chi connectivity index (χ2v) is 6.70. The van der Waals surface area contributed by atoms with Crippen molar-refractivity contribution in [2.75, 3.05) is 14.2 Å². The molecular formula is C21H18N4O3S. The molecule has 4 rings (SSSR count). The van der Waals surface area contributed by atoms with Gasteiger partial charge in [0.25, 0.3) is 0 Å². The number of thiazole rings is 1. The van der Waals surface area contributed by atoms with Gasteiger partial charge < -0.3 is 13.9 Å². The van der Waals surface area contributed by atoms with Crippen molar-refractivity contribution < 1.29 is 13.9 Å². The predicted molar refractivity (Wildman–Crippen MR) is 112 cm³/mol. The van der Waals surface area contributed by atoms with Crippen molar-refractivity contribution in [2.45, 2.75) is 0 Å². The van der Waals surface area contributed by atoms with Gasteiger partial charge >= 0.3 is 0 Å². The molecule has 0 amide bonds.